The zero-order valence-electron chi connectivity index (χ0n) is 13.4. The van der Waals surface area contributed by atoms with Gasteiger partial charge in [-0.25, -0.2) is 4.79 Å². The van der Waals surface area contributed by atoms with Crippen molar-refractivity contribution >= 4 is 22.4 Å². The Morgan fingerprint density at radius 3 is 2.70 bits per heavy atom. The molecule has 0 bridgehead atoms. The quantitative estimate of drug-likeness (QED) is 0.927. The summed E-state index contributed by atoms with van der Waals surface area (Å²) in [5, 5.41) is 1.66. The number of aryl methyl sites for hydroxylation is 1. The molecule has 0 unspecified atom stereocenters. The number of carbonyl (C=O) groups excluding carboxylic acids is 1. The maximum absolute atomic E-state index is 12.1. The van der Waals surface area contributed by atoms with Crippen LogP contribution in [0.25, 0.3) is 16.3 Å². The van der Waals surface area contributed by atoms with Gasteiger partial charge in [-0.3, -0.25) is 4.79 Å². The smallest absolute Gasteiger partial charge is 0.410 e. The fourth-order valence-electron chi connectivity index (χ4n) is 3.09. The number of fused-ring (bicyclic) bond motifs is 1. The van der Waals surface area contributed by atoms with Crippen LogP contribution in [0.3, 0.4) is 0 Å². The maximum atomic E-state index is 12.1. The molecular formula is C18H20N2O3. The maximum Gasteiger partial charge on any atom is 0.410 e. The van der Waals surface area contributed by atoms with Gasteiger partial charge in [0.25, 0.3) is 5.56 Å². The van der Waals surface area contributed by atoms with E-state index in [2.05, 4.69) is 4.98 Å². The minimum absolute atomic E-state index is 0.0635. The van der Waals surface area contributed by atoms with Crippen molar-refractivity contribution in [1.82, 2.24) is 9.88 Å². The Labute approximate surface area is 134 Å². The van der Waals surface area contributed by atoms with E-state index in [0.717, 1.165) is 28.6 Å². The molecule has 1 aliphatic rings. The molecular weight excluding hydrogens is 292 g/mol. The highest BCUT2D eigenvalue weighted by Crippen LogP contribution is 2.29. The van der Waals surface area contributed by atoms with Crippen molar-refractivity contribution < 1.29 is 9.53 Å². The van der Waals surface area contributed by atoms with Crippen molar-refractivity contribution in [2.75, 3.05) is 19.7 Å². The van der Waals surface area contributed by atoms with Gasteiger partial charge in [-0.15, -0.1) is 0 Å². The number of H-pyrrole nitrogens is 1. The molecule has 3 rings (SSSR count). The summed E-state index contributed by atoms with van der Waals surface area (Å²) in [5.41, 5.74) is 3.04. The van der Waals surface area contributed by atoms with Gasteiger partial charge in [0.15, 0.2) is 0 Å². The monoisotopic (exact) mass is 312 g/mol. The molecule has 0 saturated heterocycles. The van der Waals surface area contributed by atoms with E-state index < -0.39 is 0 Å². The molecule has 0 atom stereocenters. The van der Waals surface area contributed by atoms with Crippen molar-refractivity contribution in [1.29, 1.82) is 0 Å². The lowest BCUT2D eigenvalue weighted by atomic mass is 9.93. The Morgan fingerprint density at radius 2 is 2.04 bits per heavy atom. The van der Waals surface area contributed by atoms with Crippen LogP contribution in [-0.4, -0.2) is 35.7 Å². The van der Waals surface area contributed by atoms with E-state index in [9.17, 15) is 9.59 Å². The van der Waals surface area contributed by atoms with Crippen molar-refractivity contribution in [3.63, 3.8) is 0 Å². The highest BCUT2D eigenvalue weighted by molar-refractivity contribution is 5.94. The average Bonchev–Trinajstić information content (AvgIpc) is 2.56. The van der Waals surface area contributed by atoms with Crippen LogP contribution in [0.2, 0.25) is 0 Å². The van der Waals surface area contributed by atoms with E-state index in [4.69, 9.17) is 4.74 Å². The summed E-state index contributed by atoms with van der Waals surface area (Å²) in [6.45, 7) is 5.26. The highest BCUT2D eigenvalue weighted by Gasteiger charge is 2.21. The number of amides is 1. The molecule has 0 aliphatic carbocycles. The van der Waals surface area contributed by atoms with Crippen LogP contribution in [0, 0.1) is 6.92 Å². The summed E-state index contributed by atoms with van der Waals surface area (Å²) in [7, 11) is 0. The minimum atomic E-state index is -0.272. The molecule has 0 spiro atoms. The number of nitrogens with one attached hydrogen (secondary N) is 1. The molecule has 5 nitrogen and oxygen atoms in total. The van der Waals surface area contributed by atoms with Gasteiger partial charge in [-0.05, 0) is 37.3 Å². The van der Waals surface area contributed by atoms with E-state index in [0.29, 0.717) is 25.1 Å². The number of aromatic amines is 1. The minimum Gasteiger partial charge on any atom is -0.450 e. The fraction of sp³-hybridized carbons (Fsp3) is 0.333. The molecule has 0 saturated carbocycles. The molecule has 1 aromatic heterocycles. The fourth-order valence-corrected chi connectivity index (χ4v) is 3.09. The van der Waals surface area contributed by atoms with Gasteiger partial charge < -0.3 is 14.6 Å². The molecule has 1 aliphatic heterocycles. The topological polar surface area (TPSA) is 62.4 Å². The molecule has 0 radical (unpaired) electrons. The van der Waals surface area contributed by atoms with Crippen LogP contribution in [0.1, 0.15) is 24.6 Å². The van der Waals surface area contributed by atoms with Gasteiger partial charge in [0.05, 0.1) is 6.61 Å². The van der Waals surface area contributed by atoms with Crippen LogP contribution in [0.5, 0.6) is 0 Å². The van der Waals surface area contributed by atoms with Crippen molar-refractivity contribution in [2.24, 2.45) is 0 Å². The molecule has 1 aromatic carbocycles. The lowest BCUT2D eigenvalue weighted by Crippen LogP contribution is -2.35. The summed E-state index contributed by atoms with van der Waals surface area (Å²) in [4.78, 5) is 28.5. The largest absolute Gasteiger partial charge is 0.450 e. The Morgan fingerprint density at radius 1 is 1.30 bits per heavy atom. The zero-order valence-corrected chi connectivity index (χ0v) is 13.4. The van der Waals surface area contributed by atoms with Gasteiger partial charge in [0.1, 0.15) is 0 Å². The van der Waals surface area contributed by atoms with E-state index in [1.165, 1.54) is 0 Å². The molecule has 1 N–H and O–H groups in total. The third-order valence-corrected chi connectivity index (χ3v) is 4.17. The normalized spacial score (nSPS) is 14.7. The number of ether oxygens (including phenoxy) is 1. The standard InChI is InChI=1S/C18H20N2O3/c1-3-23-18(22)20-10-8-13(9-11-20)16-12(2)19-17(21)15-7-5-4-6-14(15)16/h4-8H,3,9-11H2,1-2H3,(H,19,21). The summed E-state index contributed by atoms with van der Waals surface area (Å²) in [6, 6.07) is 7.63. The zero-order chi connectivity index (χ0) is 16.4. The van der Waals surface area contributed by atoms with E-state index in [-0.39, 0.29) is 11.7 Å². The molecule has 5 heteroatoms. The van der Waals surface area contributed by atoms with Crippen molar-refractivity contribution in [3.05, 3.63) is 52.0 Å². The van der Waals surface area contributed by atoms with Crippen LogP contribution in [0.15, 0.2) is 35.1 Å². The predicted molar refractivity (Wildman–Crippen MR) is 90.5 cm³/mol. The first-order chi connectivity index (χ1) is 11.1. The second-order valence-electron chi connectivity index (χ2n) is 5.62. The number of aromatic nitrogens is 1. The third-order valence-electron chi connectivity index (χ3n) is 4.17. The summed E-state index contributed by atoms with van der Waals surface area (Å²) in [6.07, 6.45) is 2.52. The highest BCUT2D eigenvalue weighted by atomic mass is 16.6. The number of pyridine rings is 1. The Balaban J connectivity index is 1.99. The second-order valence-corrected chi connectivity index (χ2v) is 5.62. The SMILES string of the molecule is CCOC(=O)N1CC=C(c2c(C)[nH]c(=O)c3ccccc23)CC1. The van der Waals surface area contributed by atoms with Gasteiger partial charge >= 0.3 is 6.09 Å². The Bertz CT molecular complexity index is 836. The van der Waals surface area contributed by atoms with Gasteiger partial charge in [-0.2, -0.15) is 0 Å². The molecule has 1 amide bonds. The number of hydrogen-bond donors (Lipinski definition) is 1. The van der Waals surface area contributed by atoms with Crippen LogP contribution < -0.4 is 5.56 Å². The predicted octanol–water partition coefficient (Wildman–Crippen LogP) is 3.08. The number of rotatable bonds is 2. The van der Waals surface area contributed by atoms with Crippen LogP contribution >= 0.6 is 0 Å². The van der Waals surface area contributed by atoms with Crippen LogP contribution in [0.4, 0.5) is 4.79 Å². The lowest BCUT2D eigenvalue weighted by Gasteiger charge is -2.26. The van der Waals surface area contributed by atoms with Gasteiger partial charge in [-0.1, -0.05) is 24.3 Å². The number of hydrogen-bond acceptors (Lipinski definition) is 3. The Kier molecular flexibility index (Phi) is 4.19. The molecule has 120 valence electrons. The molecule has 0 fully saturated rings. The summed E-state index contributed by atoms with van der Waals surface area (Å²) >= 11 is 0. The summed E-state index contributed by atoms with van der Waals surface area (Å²) < 4.78 is 5.04. The second kappa shape index (κ2) is 6.28. The molecule has 2 aromatic rings. The van der Waals surface area contributed by atoms with Gasteiger partial charge in [0, 0.05) is 29.7 Å². The van der Waals surface area contributed by atoms with E-state index >= 15 is 0 Å². The number of nitrogens with zero attached hydrogens (tertiary/aromatic N) is 1. The van der Waals surface area contributed by atoms with Crippen molar-refractivity contribution in [2.45, 2.75) is 20.3 Å². The van der Waals surface area contributed by atoms with E-state index in [1.807, 2.05) is 37.3 Å². The third kappa shape index (κ3) is 2.86. The molecule has 23 heavy (non-hydrogen) atoms. The number of carbonyl (C=O) groups is 1. The number of benzene rings is 1. The van der Waals surface area contributed by atoms with Crippen molar-refractivity contribution in [3.8, 4) is 0 Å². The van der Waals surface area contributed by atoms with Crippen LogP contribution in [-0.2, 0) is 4.74 Å². The molecule has 2 heterocycles. The summed E-state index contributed by atoms with van der Waals surface area (Å²) in [5.74, 6) is 0. The average molecular weight is 312 g/mol. The first kappa shape index (κ1) is 15.3. The lowest BCUT2D eigenvalue weighted by molar-refractivity contribution is 0.111. The first-order valence-electron chi connectivity index (χ1n) is 7.84. The van der Waals surface area contributed by atoms with Gasteiger partial charge in [0.2, 0.25) is 0 Å². The Hall–Kier alpha value is -2.56. The van der Waals surface area contributed by atoms with E-state index in [1.54, 1.807) is 11.8 Å². The first-order valence-corrected chi connectivity index (χ1v) is 7.84.